The third-order valence-corrected chi connectivity index (χ3v) is 5.58. The number of benzene rings is 1. The topological polar surface area (TPSA) is 32.8 Å². The fourth-order valence-electron chi connectivity index (χ4n) is 1.71. The Bertz CT molecular complexity index is 414. The van der Waals surface area contributed by atoms with Gasteiger partial charge >= 0.3 is 7.67 Å². The zero-order valence-corrected chi connectivity index (χ0v) is 12.8. The molecule has 102 valence electrons. The summed E-state index contributed by atoms with van der Waals surface area (Å²) in [5, 5.41) is 0. The van der Waals surface area contributed by atoms with E-state index in [2.05, 4.69) is 0 Å². The van der Waals surface area contributed by atoms with Gasteiger partial charge in [-0.1, -0.05) is 31.5 Å². The second-order valence-electron chi connectivity index (χ2n) is 4.38. The molecule has 0 amide bonds. The van der Waals surface area contributed by atoms with Crippen molar-refractivity contribution < 1.29 is 9.09 Å². The van der Waals surface area contributed by atoms with Crippen LogP contribution in [0.5, 0.6) is 5.75 Å². The van der Waals surface area contributed by atoms with Crippen molar-refractivity contribution in [1.29, 1.82) is 0 Å². The number of nitrogens with zero attached hydrogens (tertiary/aromatic N) is 2. The van der Waals surface area contributed by atoms with E-state index in [1.165, 1.54) is 0 Å². The Morgan fingerprint density at radius 3 is 2.00 bits per heavy atom. The van der Waals surface area contributed by atoms with E-state index in [9.17, 15) is 4.57 Å². The van der Waals surface area contributed by atoms with Crippen LogP contribution in [0.15, 0.2) is 24.3 Å². The van der Waals surface area contributed by atoms with Gasteiger partial charge in [-0.15, -0.1) is 0 Å². The molecule has 5 heteroatoms. The highest BCUT2D eigenvalue weighted by Crippen LogP contribution is 2.51. The largest absolute Gasteiger partial charge is 0.422 e. The molecule has 1 rings (SSSR count). The van der Waals surface area contributed by atoms with Crippen molar-refractivity contribution in [3.05, 3.63) is 29.8 Å². The van der Waals surface area contributed by atoms with Gasteiger partial charge in [-0.2, -0.15) is 0 Å². The zero-order chi connectivity index (χ0) is 13.8. The molecule has 0 bridgehead atoms. The summed E-state index contributed by atoms with van der Waals surface area (Å²) >= 11 is 0. The first-order chi connectivity index (χ1) is 8.43. The maximum Gasteiger partial charge on any atom is 0.395 e. The molecule has 0 aliphatic rings. The van der Waals surface area contributed by atoms with Gasteiger partial charge in [0.1, 0.15) is 5.75 Å². The Labute approximate surface area is 110 Å². The molecular weight excluding hydrogens is 247 g/mol. The van der Waals surface area contributed by atoms with Crippen LogP contribution in [0.1, 0.15) is 19.4 Å². The maximum atomic E-state index is 13.0. The van der Waals surface area contributed by atoms with Crippen molar-refractivity contribution >= 4 is 7.67 Å². The Balaban J connectivity index is 2.99. The minimum absolute atomic E-state index is 0.643. The molecule has 0 fully saturated rings. The molecule has 0 aliphatic heterocycles. The minimum Gasteiger partial charge on any atom is -0.422 e. The van der Waals surface area contributed by atoms with E-state index in [0.29, 0.717) is 18.8 Å². The Kier molecular flexibility index (Phi) is 5.39. The summed E-state index contributed by atoms with van der Waals surface area (Å²) in [6, 6.07) is 7.62. The molecule has 1 atom stereocenters. The maximum absolute atomic E-state index is 13.0. The average molecular weight is 270 g/mol. The number of hydrogen-bond acceptors (Lipinski definition) is 2. The van der Waals surface area contributed by atoms with Gasteiger partial charge in [0.15, 0.2) is 0 Å². The van der Waals surface area contributed by atoms with Crippen LogP contribution in [0.2, 0.25) is 0 Å². The van der Waals surface area contributed by atoms with E-state index in [1.54, 1.807) is 18.8 Å². The van der Waals surface area contributed by atoms with Crippen LogP contribution in [0.3, 0.4) is 0 Å². The number of rotatable bonds is 6. The van der Waals surface area contributed by atoms with E-state index >= 15 is 0 Å². The monoisotopic (exact) mass is 270 g/mol. The first-order valence-corrected chi connectivity index (χ1v) is 7.76. The molecule has 4 nitrogen and oxygen atoms in total. The van der Waals surface area contributed by atoms with Crippen molar-refractivity contribution in [3.63, 3.8) is 0 Å². The molecule has 0 aliphatic carbocycles. The van der Waals surface area contributed by atoms with Crippen LogP contribution in [-0.2, 0) is 4.57 Å². The van der Waals surface area contributed by atoms with Gasteiger partial charge in [0.25, 0.3) is 0 Å². The van der Waals surface area contributed by atoms with Crippen LogP contribution < -0.4 is 4.52 Å². The first-order valence-electron chi connectivity index (χ1n) is 6.23. The molecule has 0 spiro atoms. The molecule has 0 saturated carbocycles. The van der Waals surface area contributed by atoms with E-state index in [0.717, 1.165) is 5.56 Å². The highest BCUT2D eigenvalue weighted by molar-refractivity contribution is 7.54. The number of aryl methyl sites for hydroxylation is 1. The lowest BCUT2D eigenvalue weighted by Crippen LogP contribution is -2.30. The molecule has 18 heavy (non-hydrogen) atoms. The highest BCUT2D eigenvalue weighted by Gasteiger charge is 2.34. The highest BCUT2D eigenvalue weighted by atomic mass is 31.2. The van der Waals surface area contributed by atoms with Crippen molar-refractivity contribution in [2.75, 3.05) is 27.2 Å². The van der Waals surface area contributed by atoms with Crippen LogP contribution in [0.4, 0.5) is 0 Å². The van der Waals surface area contributed by atoms with Gasteiger partial charge in [-0.25, -0.2) is 13.9 Å². The van der Waals surface area contributed by atoms with Crippen molar-refractivity contribution in [2.45, 2.75) is 20.8 Å². The fraction of sp³-hybridized carbons (Fsp3) is 0.538. The minimum atomic E-state index is -2.97. The summed E-state index contributed by atoms with van der Waals surface area (Å²) in [4.78, 5) is 0. The van der Waals surface area contributed by atoms with E-state index in [-0.39, 0.29) is 0 Å². The van der Waals surface area contributed by atoms with Crippen LogP contribution in [0, 0.1) is 6.92 Å². The molecule has 0 N–H and O–H groups in total. The Morgan fingerprint density at radius 2 is 1.61 bits per heavy atom. The summed E-state index contributed by atoms with van der Waals surface area (Å²) in [5.74, 6) is 0.643. The third kappa shape index (κ3) is 3.35. The Morgan fingerprint density at radius 1 is 1.11 bits per heavy atom. The van der Waals surface area contributed by atoms with Gasteiger partial charge in [0.2, 0.25) is 0 Å². The average Bonchev–Trinajstić information content (AvgIpc) is 2.33. The second kappa shape index (κ2) is 6.37. The van der Waals surface area contributed by atoms with Crippen molar-refractivity contribution in [3.8, 4) is 5.75 Å². The van der Waals surface area contributed by atoms with E-state index in [4.69, 9.17) is 4.52 Å². The summed E-state index contributed by atoms with van der Waals surface area (Å²) in [6.07, 6.45) is 0. The zero-order valence-electron chi connectivity index (χ0n) is 11.9. The van der Waals surface area contributed by atoms with Crippen LogP contribution in [-0.4, -0.2) is 36.5 Å². The standard InChI is InChI=1S/C13H23N2O2P/c1-6-15(7-2)18(16,14(4)5)17-13-10-8-12(3)9-11-13/h8-11H,6-7H2,1-5H3. The molecule has 1 aromatic rings. The number of hydrogen-bond donors (Lipinski definition) is 0. The van der Waals surface area contributed by atoms with E-state index in [1.807, 2.05) is 49.7 Å². The summed E-state index contributed by atoms with van der Waals surface area (Å²) in [5.41, 5.74) is 1.16. The van der Waals surface area contributed by atoms with Gasteiger partial charge in [-0.05, 0) is 33.2 Å². The van der Waals surface area contributed by atoms with Crippen molar-refractivity contribution in [2.24, 2.45) is 0 Å². The van der Waals surface area contributed by atoms with Gasteiger partial charge in [-0.3, -0.25) is 0 Å². The summed E-state index contributed by atoms with van der Waals surface area (Å²) in [6.45, 7) is 7.37. The lowest BCUT2D eigenvalue weighted by molar-refractivity contribution is 0.319. The lowest BCUT2D eigenvalue weighted by Gasteiger charge is -2.33. The molecule has 0 heterocycles. The summed E-state index contributed by atoms with van der Waals surface area (Å²) < 4.78 is 22.2. The molecular formula is C13H23N2O2P. The van der Waals surface area contributed by atoms with Gasteiger partial charge in [0, 0.05) is 13.1 Å². The quantitative estimate of drug-likeness (QED) is 0.742. The smallest absolute Gasteiger partial charge is 0.395 e. The molecule has 0 radical (unpaired) electrons. The second-order valence-corrected chi connectivity index (χ2v) is 6.91. The van der Waals surface area contributed by atoms with Gasteiger partial charge < -0.3 is 4.52 Å². The predicted octanol–water partition coefficient (Wildman–Crippen LogP) is 3.39. The summed E-state index contributed by atoms with van der Waals surface area (Å²) in [7, 11) is 0.598. The first kappa shape index (κ1) is 15.2. The molecule has 0 aromatic heterocycles. The van der Waals surface area contributed by atoms with Crippen LogP contribution in [0.25, 0.3) is 0 Å². The molecule has 0 saturated heterocycles. The van der Waals surface area contributed by atoms with E-state index < -0.39 is 7.67 Å². The SMILES string of the molecule is CCN(CC)P(=O)(Oc1ccc(C)cc1)N(C)C. The molecule has 1 aromatic carbocycles. The lowest BCUT2D eigenvalue weighted by atomic mass is 10.2. The third-order valence-electron chi connectivity index (χ3n) is 2.84. The molecule has 1 unspecified atom stereocenters. The Hall–Kier alpha value is -0.830. The van der Waals surface area contributed by atoms with Gasteiger partial charge in [0.05, 0.1) is 0 Å². The van der Waals surface area contributed by atoms with Crippen LogP contribution >= 0.6 is 7.67 Å². The predicted molar refractivity (Wildman–Crippen MR) is 76.0 cm³/mol. The normalized spacial score (nSPS) is 14.8. The van der Waals surface area contributed by atoms with Crippen molar-refractivity contribution in [1.82, 2.24) is 9.34 Å². The fourth-order valence-corrected chi connectivity index (χ4v) is 3.61.